The molecule has 0 radical (unpaired) electrons. The largest absolute Gasteiger partial charge is 0.302 e. The van der Waals surface area contributed by atoms with Gasteiger partial charge in [-0.25, -0.2) is 0 Å². The van der Waals surface area contributed by atoms with Crippen LogP contribution in [-0.4, -0.2) is 25.1 Å². The lowest BCUT2D eigenvalue weighted by molar-refractivity contribution is 0.442. The van der Waals surface area contributed by atoms with Crippen LogP contribution in [0.25, 0.3) is 0 Å². The number of nitrogens with zero attached hydrogens (tertiary/aromatic N) is 1. The zero-order valence-corrected chi connectivity index (χ0v) is 15.8. The molecule has 0 saturated heterocycles. The number of benzene rings is 2. The van der Waals surface area contributed by atoms with Gasteiger partial charge in [-0.15, -0.1) is 11.6 Å². The maximum atomic E-state index is 12.8. The summed E-state index contributed by atoms with van der Waals surface area (Å²) in [5, 5.41) is 0. The first-order chi connectivity index (χ1) is 12.0. The molecule has 0 unspecified atom stereocenters. The molecule has 6 heteroatoms. The molecule has 134 valence electrons. The molecule has 0 heterocycles. The molecule has 0 aliphatic rings. The second-order valence-corrected chi connectivity index (χ2v) is 7.64. The maximum absolute atomic E-state index is 12.8. The second kappa shape index (κ2) is 9.61. The van der Waals surface area contributed by atoms with Gasteiger partial charge in [-0.1, -0.05) is 54.6 Å². The molecule has 0 bridgehead atoms. The maximum Gasteiger partial charge on any atom is 0.302 e. The zero-order chi connectivity index (χ0) is 18.1. The third-order valence-corrected chi connectivity index (χ3v) is 5.31. The Morgan fingerprint density at radius 3 is 2.32 bits per heavy atom. The van der Waals surface area contributed by atoms with Crippen molar-refractivity contribution in [2.75, 3.05) is 17.1 Å². The monoisotopic (exact) mass is 378 g/mol. The van der Waals surface area contributed by atoms with Gasteiger partial charge in [0.1, 0.15) is 0 Å². The lowest BCUT2D eigenvalue weighted by Crippen LogP contribution is -2.35. The van der Waals surface area contributed by atoms with Gasteiger partial charge in [0.15, 0.2) is 0 Å². The second-order valence-electron chi connectivity index (χ2n) is 5.59. The van der Waals surface area contributed by atoms with Crippen molar-refractivity contribution in [3.05, 3.63) is 77.9 Å². The Hall–Kier alpha value is -1.82. The Bertz CT molecular complexity index is 775. The summed E-state index contributed by atoms with van der Waals surface area (Å²) in [6, 6.07) is 16.8. The Morgan fingerprint density at radius 2 is 1.72 bits per heavy atom. The molecular formula is C19H23ClN2O2S. The minimum atomic E-state index is -3.66. The fourth-order valence-electron chi connectivity index (χ4n) is 2.32. The molecule has 4 nitrogen and oxygen atoms in total. The van der Waals surface area contributed by atoms with Crippen LogP contribution in [0.15, 0.2) is 66.7 Å². The number of hydrogen-bond acceptors (Lipinski definition) is 2. The summed E-state index contributed by atoms with van der Waals surface area (Å²) in [5.41, 5.74) is 2.56. The van der Waals surface area contributed by atoms with Crippen LogP contribution in [0, 0.1) is 0 Å². The summed E-state index contributed by atoms with van der Waals surface area (Å²) in [4.78, 5) is 0. The number of rotatable bonds is 9. The number of anilines is 1. The van der Waals surface area contributed by atoms with Crippen LogP contribution in [0.1, 0.15) is 18.1 Å². The molecule has 2 rings (SSSR count). The fourth-order valence-corrected chi connectivity index (χ4v) is 3.70. The lowest BCUT2D eigenvalue weighted by Gasteiger charge is -2.22. The first-order valence-electron chi connectivity index (χ1n) is 8.13. The minimum Gasteiger partial charge on any atom is -0.271 e. The van der Waals surface area contributed by atoms with E-state index in [1.54, 1.807) is 12.1 Å². The molecule has 0 aliphatic carbocycles. The van der Waals surface area contributed by atoms with E-state index in [-0.39, 0.29) is 0 Å². The molecule has 0 amide bonds. The van der Waals surface area contributed by atoms with Gasteiger partial charge in [0, 0.05) is 24.7 Å². The van der Waals surface area contributed by atoms with E-state index in [1.165, 1.54) is 4.31 Å². The molecule has 0 fully saturated rings. The predicted molar refractivity (Wildman–Crippen MR) is 105 cm³/mol. The van der Waals surface area contributed by atoms with Crippen LogP contribution in [-0.2, 0) is 23.2 Å². The normalized spacial score (nSPS) is 12.0. The molecular weight excluding hydrogens is 356 g/mol. The van der Waals surface area contributed by atoms with E-state index in [9.17, 15) is 8.42 Å². The number of alkyl halides is 1. The third-order valence-electron chi connectivity index (χ3n) is 3.67. The SMILES string of the molecule is C/C=C/CN(Cc1ccccc1)S(=O)(=O)Nc1ccc(CCCl)cc1. The summed E-state index contributed by atoms with van der Waals surface area (Å²) in [5.74, 6) is 0.541. The molecule has 1 N–H and O–H groups in total. The standard InChI is InChI=1S/C19H23ClN2O2S/c1-2-3-15-22(16-18-7-5-4-6-8-18)25(23,24)21-19-11-9-17(10-12-19)13-14-20/h2-12,21H,13-16H2,1H3/b3-2+. The van der Waals surface area contributed by atoms with E-state index < -0.39 is 10.2 Å². The summed E-state index contributed by atoms with van der Waals surface area (Å²) >= 11 is 5.72. The highest BCUT2D eigenvalue weighted by Crippen LogP contribution is 2.16. The van der Waals surface area contributed by atoms with Crippen LogP contribution in [0.4, 0.5) is 5.69 Å². The van der Waals surface area contributed by atoms with Crippen molar-refractivity contribution in [2.24, 2.45) is 0 Å². The van der Waals surface area contributed by atoms with Crippen molar-refractivity contribution < 1.29 is 8.42 Å². The number of halogens is 1. The van der Waals surface area contributed by atoms with Gasteiger partial charge in [-0.2, -0.15) is 12.7 Å². The first-order valence-corrected chi connectivity index (χ1v) is 10.1. The summed E-state index contributed by atoms with van der Waals surface area (Å²) in [6.45, 7) is 2.49. The Balaban J connectivity index is 2.15. The van der Waals surface area contributed by atoms with E-state index in [4.69, 9.17) is 11.6 Å². The highest BCUT2D eigenvalue weighted by Gasteiger charge is 2.21. The highest BCUT2D eigenvalue weighted by atomic mass is 35.5. The Kier molecular flexibility index (Phi) is 7.50. The van der Waals surface area contributed by atoms with E-state index >= 15 is 0 Å². The number of hydrogen-bond donors (Lipinski definition) is 1. The Morgan fingerprint density at radius 1 is 1.04 bits per heavy atom. The van der Waals surface area contributed by atoms with Crippen molar-refractivity contribution in [3.8, 4) is 0 Å². The molecule has 0 aliphatic heterocycles. The summed E-state index contributed by atoms with van der Waals surface area (Å²) in [6.07, 6.45) is 4.43. The van der Waals surface area contributed by atoms with Crippen LogP contribution in [0.3, 0.4) is 0 Å². The van der Waals surface area contributed by atoms with Gasteiger partial charge in [-0.3, -0.25) is 4.72 Å². The van der Waals surface area contributed by atoms with Crippen molar-refractivity contribution in [3.63, 3.8) is 0 Å². The minimum absolute atomic E-state index is 0.310. The van der Waals surface area contributed by atoms with Gasteiger partial charge in [-0.05, 0) is 36.6 Å². The third kappa shape index (κ3) is 6.20. The van der Waals surface area contributed by atoms with Crippen LogP contribution < -0.4 is 4.72 Å². The molecule has 0 aromatic heterocycles. The summed E-state index contributed by atoms with van der Waals surface area (Å²) in [7, 11) is -3.66. The molecule has 25 heavy (non-hydrogen) atoms. The average Bonchev–Trinajstić information content (AvgIpc) is 2.61. The van der Waals surface area contributed by atoms with Crippen molar-refractivity contribution in [1.29, 1.82) is 0 Å². The molecule has 0 atom stereocenters. The average molecular weight is 379 g/mol. The quantitative estimate of drug-likeness (QED) is 0.525. The van der Waals surface area contributed by atoms with Crippen LogP contribution in [0.5, 0.6) is 0 Å². The Labute approximate surface area is 155 Å². The first kappa shape index (κ1) is 19.5. The van der Waals surface area contributed by atoms with E-state index in [0.29, 0.717) is 24.7 Å². The summed E-state index contributed by atoms with van der Waals surface area (Å²) < 4.78 is 29.6. The van der Waals surface area contributed by atoms with Gasteiger partial charge in [0.05, 0.1) is 0 Å². The molecule has 0 saturated carbocycles. The van der Waals surface area contributed by atoms with Gasteiger partial charge in [0.25, 0.3) is 0 Å². The predicted octanol–water partition coefficient (Wildman–Crippen LogP) is 4.20. The van der Waals surface area contributed by atoms with E-state index in [2.05, 4.69) is 4.72 Å². The molecule has 2 aromatic rings. The van der Waals surface area contributed by atoms with Crippen molar-refractivity contribution in [2.45, 2.75) is 19.9 Å². The number of aryl methyl sites for hydroxylation is 1. The van der Waals surface area contributed by atoms with Gasteiger partial charge < -0.3 is 0 Å². The highest BCUT2D eigenvalue weighted by molar-refractivity contribution is 7.90. The topological polar surface area (TPSA) is 49.4 Å². The molecule has 2 aromatic carbocycles. The fraction of sp³-hybridized carbons (Fsp3) is 0.263. The van der Waals surface area contributed by atoms with E-state index in [0.717, 1.165) is 17.5 Å². The van der Waals surface area contributed by atoms with Crippen LogP contribution >= 0.6 is 11.6 Å². The van der Waals surface area contributed by atoms with Crippen molar-refractivity contribution >= 4 is 27.5 Å². The lowest BCUT2D eigenvalue weighted by atomic mass is 10.2. The van der Waals surface area contributed by atoms with Gasteiger partial charge in [0.2, 0.25) is 0 Å². The van der Waals surface area contributed by atoms with Gasteiger partial charge >= 0.3 is 10.2 Å². The smallest absolute Gasteiger partial charge is 0.271 e. The van der Waals surface area contributed by atoms with Crippen molar-refractivity contribution in [1.82, 2.24) is 4.31 Å². The van der Waals surface area contributed by atoms with E-state index in [1.807, 2.05) is 61.5 Å². The zero-order valence-electron chi connectivity index (χ0n) is 14.2. The molecule has 0 spiro atoms. The number of nitrogens with one attached hydrogen (secondary N) is 1. The van der Waals surface area contributed by atoms with Crippen LogP contribution in [0.2, 0.25) is 0 Å². The number of allylic oxidation sites excluding steroid dienone is 1.